The standard InChI is InChI=1S/C21H28FNO/c1-16(23-15-21(3,4)22)13-19-11-8-12-20(17(19)2)24-14-18-9-6-5-7-10-18/h5-12,16,23H,13-15H2,1-4H3. The summed E-state index contributed by atoms with van der Waals surface area (Å²) in [4.78, 5) is 0. The highest BCUT2D eigenvalue weighted by atomic mass is 19.1. The van der Waals surface area contributed by atoms with Gasteiger partial charge < -0.3 is 10.1 Å². The monoisotopic (exact) mass is 329 g/mol. The van der Waals surface area contributed by atoms with E-state index in [2.05, 4.69) is 37.4 Å². The predicted octanol–water partition coefficient (Wildman–Crippen LogP) is 4.84. The first-order chi connectivity index (χ1) is 11.3. The van der Waals surface area contributed by atoms with Crippen molar-refractivity contribution in [3.63, 3.8) is 0 Å². The van der Waals surface area contributed by atoms with E-state index in [0.717, 1.165) is 23.3 Å². The van der Waals surface area contributed by atoms with Gasteiger partial charge in [0, 0.05) is 12.6 Å². The summed E-state index contributed by atoms with van der Waals surface area (Å²) in [5.74, 6) is 0.911. The first-order valence-corrected chi connectivity index (χ1v) is 8.52. The van der Waals surface area contributed by atoms with Crippen LogP contribution in [0.4, 0.5) is 4.39 Å². The smallest absolute Gasteiger partial charge is 0.122 e. The molecule has 0 bridgehead atoms. The average molecular weight is 329 g/mol. The molecule has 2 aromatic carbocycles. The number of hydrogen-bond donors (Lipinski definition) is 1. The molecule has 0 aromatic heterocycles. The van der Waals surface area contributed by atoms with E-state index < -0.39 is 5.67 Å². The minimum atomic E-state index is -1.19. The zero-order chi connectivity index (χ0) is 17.6. The number of ether oxygens (including phenoxy) is 1. The molecule has 0 heterocycles. The molecule has 0 saturated carbocycles. The van der Waals surface area contributed by atoms with Crippen molar-refractivity contribution in [3.05, 3.63) is 65.2 Å². The molecule has 3 heteroatoms. The fraction of sp³-hybridized carbons (Fsp3) is 0.429. The van der Waals surface area contributed by atoms with Gasteiger partial charge in [-0.3, -0.25) is 0 Å². The molecule has 130 valence electrons. The summed E-state index contributed by atoms with van der Waals surface area (Å²) in [7, 11) is 0. The highest BCUT2D eigenvalue weighted by Crippen LogP contribution is 2.23. The van der Waals surface area contributed by atoms with E-state index in [1.807, 2.05) is 30.3 Å². The highest BCUT2D eigenvalue weighted by molar-refractivity contribution is 5.39. The quantitative estimate of drug-likeness (QED) is 0.748. The van der Waals surface area contributed by atoms with Crippen molar-refractivity contribution in [2.24, 2.45) is 0 Å². The SMILES string of the molecule is Cc1c(CC(C)NCC(C)(C)F)cccc1OCc1ccccc1. The molecule has 0 amide bonds. The fourth-order valence-electron chi connectivity index (χ4n) is 2.59. The van der Waals surface area contributed by atoms with Gasteiger partial charge in [0.1, 0.15) is 18.0 Å². The Balaban J connectivity index is 1.97. The van der Waals surface area contributed by atoms with Crippen LogP contribution < -0.4 is 10.1 Å². The van der Waals surface area contributed by atoms with Crippen LogP contribution in [0.15, 0.2) is 48.5 Å². The van der Waals surface area contributed by atoms with Gasteiger partial charge in [0.25, 0.3) is 0 Å². The van der Waals surface area contributed by atoms with Crippen LogP contribution in [-0.4, -0.2) is 18.3 Å². The Morgan fingerprint density at radius 3 is 2.46 bits per heavy atom. The summed E-state index contributed by atoms with van der Waals surface area (Å²) in [5, 5.41) is 3.26. The third-order valence-corrected chi connectivity index (χ3v) is 4.03. The van der Waals surface area contributed by atoms with Crippen LogP contribution in [0.1, 0.15) is 37.5 Å². The van der Waals surface area contributed by atoms with Crippen LogP contribution in [0.25, 0.3) is 0 Å². The molecule has 1 unspecified atom stereocenters. The minimum absolute atomic E-state index is 0.211. The van der Waals surface area contributed by atoms with Crippen LogP contribution >= 0.6 is 0 Å². The maximum Gasteiger partial charge on any atom is 0.122 e. The molecule has 0 spiro atoms. The normalized spacial score (nSPS) is 12.9. The Hall–Kier alpha value is -1.87. The van der Waals surface area contributed by atoms with E-state index in [1.165, 1.54) is 5.56 Å². The maximum absolute atomic E-state index is 13.6. The van der Waals surface area contributed by atoms with Gasteiger partial charge in [-0.05, 0) is 56.9 Å². The summed E-state index contributed by atoms with van der Waals surface area (Å²) in [6.45, 7) is 8.28. The molecular formula is C21H28FNO. The lowest BCUT2D eigenvalue weighted by atomic mass is 10.0. The van der Waals surface area contributed by atoms with Gasteiger partial charge in [0.05, 0.1) is 0 Å². The molecule has 0 fully saturated rings. The fourth-order valence-corrected chi connectivity index (χ4v) is 2.59. The summed E-state index contributed by atoms with van der Waals surface area (Å²) >= 11 is 0. The number of nitrogens with one attached hydrogen (secondary N) is 1. The molecule has 0 aliphatic rings. The van der Waals surface area contributed by atoms with Gasteiger partial charge in [-0.2, -0.15) is 0 Å². The van der Waals surface area contributed by atoms with E-state index in [1.54, 1.807) is 13.8 Å². The van der Waals surface area contributed by atoms with E-state index in [-0.39, 0.29) is 6.04 Å². The van der Waals surface area contributed by atoms with Gasteiger partial charge >= 0.3 is 0 Å². The summed E-state index contributed by atoms with van der Waals surface area (Å²) < 4.78 is 19.6. The zero-order valence-electron chi connectivity index (χ0n) is 15.1. The molecule has 2 nitrogen and oxygen atoms in total. The summed E-state index contributed by atoms with van der Waals surface area (Å²) in [6.07, 6.45) is 0.852. The molecule has 2 aromatic rings. The maximum atomic E-state index is 13.6. The Morgan fingerprint density at radius 1 is 1.08 bits per heavy atom. The Morgan fingerprint density at radius 2 is 1.79 bits per heavy atom. The van der Waals surface area contributed by atoms with Gasteiger partial charge in [0.2, 0.25) is 0 Å². The first kappa shape index (κ1) is 18.5. The Kier molecular flexibility index (Phi) is 6.38. The van der Waals surface area contributed by atoms with Crippen molar-refractivity contribution < 1.29 is 9.13 Å². The molecule has 0 radical (unpaired) electrons. The van der Waals surface area contributed by atoms with E-state index >= 15 is 0 Å². The summed E-state index contributed by atoms with van der Waals surface area (Å²) in [5.41, 5.74) is 2.35. The van der Waals surface area contributed by atoms with Crippen molar-refractivity contribution in [1.82, 2.24) is 5.32 Å². The first-order valence-electron chi connectivity index (χ1n) is 8.52. The lowest BCUT2D eigenvalue weighted by molar-refractivity contribution is 0.204. The Labute approximate surface area is 145 Å². The predicted molar refractivity (Wildman–Crippen MR) is 98.3 cm³/mol. The minimum Gasteiger partial charge on any atom is -0.489 e. The lowest BCUT2D eigenvalue weighted by Crippen LogP contribution is -2.37. The molecule has 0 saturated heterocycles. The van der Waals surface area contributed by atoms with Gasteiger partial charge in [-0.1, -0.05) is 42.5 Å². The second-order valence-electron chi connectivity index (χ2n) is 7.02. The van der Waals surface area contributed by atoms with E-state index in [9.17, 15) is 4.39 Å². The van der Waals surface area contributed by atoms with Gasteiger partial charge in [-0.15, -0.1) is 0 Å². The van der Waals surface area contributed by atoms with Crippen molar-refractivity contribution in [2.45, 2.75) is 52.4 Å². The second kappa shape index (κ2) is 8.29. The molecule has 0 aliphatic carbocycles. The lowest BCUT2D eigenvalue weighted by Gasteiger charge is -2.21. The molecular weight excluding hydrogens is 301 g/mol. The number of benzene rings is 2. The molecule has 2 rings (SSSR count). The largest absolute Gasteiger partial charge is 0.489 e. The second-order valence-corrected chi connectivity index (χ2v) is 7.02. The highest BCUT2D eigenvalue weighted by Gasteiger charge is 2.17. The molecule has 1 N–H and O–H groups in total. The Bertz CT molecular complexity index is 634. The number of alkyl halides is 1. The van der Waals surface area contributed by atoms with Gasteiger partial charge in [-0.25, -0.2) is 4.39 Å². The van der Waals surface area contributed by atoms with Crippen molar-refractivity contribution in [3.8, 4) is 5.75 Å². The van der Waals surface area contributed by atoms with E-state index in [4.69, 9.17) is 4.74 Å². The van der Waals surface area contributed by atoms with Crippen molar-refractivity contribution in [1.29, 1.82) is 0 Å². The van der Waals surface area contributed by atoms with Crippen LogP contribution in [0.2, 0.25) is 0 Å². The third-order valence-electron chi connectivity index (χ3n) is 4.03. The van der Waals surface area contributed by atoms with Crippen molar-refractivity contribution in [2.75, 3.05) is 6.54 Å². The van der Waals surface area contributed by atoms with Crippen LogP contribution in [0.3, 0.4) is 0 Å². The van der Waals surface area contributed by atoms with Gasteiger partial charge in [0.15, 0.2) is 0 Å². The van der Waals surface area contributed by atoms with E-state index in [0.29, 0.717) is 13.2 Å². The van der Waals surface area contributed by atoms with Crippen LogP contribution in [0.5, 0.6) is 5.75 Å². The zero-order valence-corrected chi connectivity index (χ0v) is 15.1. The van der Waals surface area contributed by atoms with Crippen LogP contribution in [-0.2, 0) is 13.0 Å². The molecule has 0 aliphatic heterocycles. The molecule has 1 atom stereocenters. The number of hydrogen-bond acceptors (Lipinski definition) is 2. The van der Waals surface area contributed by atoms with Crippen molar-refractivity contribution >= 4 is 0 Å². The number of halogens is 1. The summed E-state index contributed by atoms with van der Waals surface area (Å²) in [6, 6.07) is 16.5. The van der Waals surface area contributed by atoms with Crippen LogP contribution in [0, 0.1) is 6.92 Å². The topological polar surface area (TPSA) is 21.3 Å². The third kappa shape index (κ3) is 5.97. The average Bonchev–Trinajstić information content (AvgIpc) is 2.54. The molecule has 24 heavy (non-hydrogen) atoms. The number of rotatable bonds is 8.